The molecule has 1 atom stereocenters. The Morgan fingerprint density at radius 1 is 1.23 bits per heavy atom. The molecule has 1 rings (SSSR count). The van der Waals surface area contributed by atoms with Crippen molar-refractivity contribution in [3.63, 3.8) is 0 Å². The zero-order chi connectivity index (χ0) is 9.68. The number of rotatable bonds is 3. The molecule has 1 heterocycles. The van der Waals surface area contributed by atoms with E-state index in [1.165, 1.54) is 6.92 Å². The zero-order valence-corrected chi connectivity index (χ0v) is 7.63. The van der Waals surface area contributed by atoms with Crippen molar-refractivity contribution in [3.8, 4) is 0 Å². The normalized spacial score (nSPS) is 23.1. The van der Waals surface area contributed by atoms with Gasteiger partial charge in [-0.05, 0) is 6.92 Å². The first-order chi connectivity index (χ1) is 6.20. The molecule has 0 spiro atoms. The van der Waals surface area contributed by atoms with Crippen LogP contribution in [0.2, 0.25) is 0 Å². The SMILES string of the molecule is CC(NC1COCCOC1)C(F)F. The van der Waals surface area contributed by atoms with Crippen molar-refractivity contribution >= 4 is 0 Å². The van der Waals surface area contributed by atoms with Gasteiger partial charge in [-0.15, -0.1) is 0 Å². The minimum Gasteiger partial charge on any atom is -0.377 e. The third-order valence-electron chi connectivity index (χ3n) is 1.89. The average Bonchev–Trinajstić information content (AvgIpc) is 2.32. The Morgan fingerprint density at radius 3 is 2.23 bits per heavy atom. The van der Waals surface area contributed by atoms with E-state index in [0.717, 1.165) is 0 Å². The van der Waals surface area contributed by atoms with Gasteiger partial charge in [-0.25, -0.2) is 8.78 Å². The molecule has 1 unspecified atom stereocenters. The summed E-state index contributed by atoms with van der Waals surface area (Å²) in [7, 11) is 0. The summed E-state index contributed by atoms with van der Waals surface area (Å²) in [6.07, 6.45) is -2.34. The molecule has 1 fully saturated rings. The molecule has 1 N–H and O–H groups in total. The molecular formula is C8H15F2NO2. The molecule has 0 radical (unpaired) electrons. The van der Waals surface area contributed by atoms with Crippen LogP contribution in [0.4, 0.5) is 8.78 Å². The summed E-state index contributed by atoms with van der Waals surface area (Å²) in [6, 6.07) is -0.929. The summed E-state index contributed by atoms with van der Waals surface area (Å²) in [4.78, 5) is 0. The van der Waals surface area contributed by atoms with Crippen LogP contribution in [0.5, 0.6) is 0 Å². The summed E-state index contributed by atoms with van der Waals surface area (Å²) in [5.41, 5.74) is 0. The smallest absolute Gasteiger partial charge is 0.253 e. The third-order valence-corrected chi connectivity index (χ3v) is 1.89. The van der Waals surface area contributed by atoms with Crippen LogP contribution in [0.1, 0.15) is 6.92 Å². The highest BCUT2D eigenvalue weighted by Gasteiger charge is 2.20. The number of nitrogens with one attached hydrogen (secondary N) is 1. The second kappa shape index (κ2) is 5.47. The van der Waals surface area contributed by atoms with Crippen LogP contribution < -0.4 is 5.32 Å². The van der Waals surface area contributed by atoms with Gasteiger partial charge in [-0.1, -0.05) is 0 Å². The van der Waals surface area contributed by atoms with E-state index in [2.05, 4.69) is 5.32 Å². The molecule has 0 amide bonds. The topological polar surface area (TPSA) is 30.5 Å². The minimum absolute atomic E-state index is 0.119. The minimum atomic E-state index is -2.34. The van der Waals surface area contributed by atoms with E-state index in [4.69, 9.17) is 9.47 Å². The lowest BCUT2D eigenvalue weighted by Gasteiger charge is -2.20. The molecule has 1 aliphatic rings. The lowest BCUT2D eigenvalue weighted by molar-refractivity contribution is 0.0800. The van der Waals surface area contributed by atoms with E-state index in [-0.39, 0.29) is 6.04 Å². The first-order valence-electron chi connectivity index (χ1n) is 4.40. The summed E-state index contributed by atoms with van der Waals surface area (Å²) in [5, 5.41) is 2.76. The van der Waals surface area contributed by atoms with Crippen LogP contribution in [-0.2, 0) is 9.47 Å². The predicted molar refractivity (Wildman–Crippen MR) is 44.0 cm³/mol. The van der Waals surface area contributed by atoms with E-state index < -0.39 is 12.5 Å². The Hall–Kier alpha value is -0.260. The number of ether oxygens (including phenoxy) is 2. The van der Waals surface area contributed by atoms with E-state index in [1.807, 2.05) is 0 Å². The van der Waals surface area contributed by atoms with Crippen molar-refractivity contribution in [1.29, 1.82) is 0 Å². The average molecular weight is 195 g/mol. The molecule has 13 heavy (non-hydrogen) atoms. The van der Waals surface area contributed by atoms with Gasteiger partial charge in [0.25, 0.3) is 6.43 Å². The Balaban J connectivity index is 2.25. The van der Waals surface area contributed by atoms with Crippen molar-refractivity contribution in [3.05, 3.63) is 0 Å². The summed E-state index contributed by atoms with van der Waals surface area (Å²) < 4.78 is 34.6. The molecule has 1 aliphatic heterocycles. The fourth-order valence-corrected chi connectivity index (χ4v) is 1.16. The fourth-order valence-electron chi connectivity index (χ4n) is 1.16. The van der Waals surface area contributed by atoms with Crippen LogP contribution in [0.25, 0.3) is 0 Å². The van der Waals surface area contributed by atoms with Crippen LogP contribution >= 0.6 is 0 Å². The quantitative estimate of drug-likeness (QED) is 0.717. The van der Waals surface area contributed by atoms with Gasteiger partial charge < -0.3 is 14.8 Å². The highest BCUT2D eigenvalue weighted by molar-refractivity contribution is 4.73. The van der Waals surface area contributed by atoms with Crippen LogP contribution in [-0.4, -0.2) is 44.9 Å². The van der Waals surface area contributed by atoms with Crippen molar-refractivity contribution in [2.45, 2.75) is 25.4 Å². The first kappa shape index (κ1) is 10.8. The van der Waals surface area contributed by atoms with E-state index >= 15 is 0 Å². The monoisotopic (exact) mass is 195 g/mol. The standard InChI is InChI=1S/C8H15F2NO2/c1-6(8(9)10)11-7-4-12-2-3-13-5-7/h6-8,11H,2-5H2,1H3. The van der Waals surface area contributed by atoms with Crippen molar-refractivity contribution in [2.24, 2.45) is 0 Å². The number of alkyl halides is 2. The molecule has 0 saturated carbocycles. The van der Waals surface area contributed by atoms with Crippen molar-refractivity contribution in [2.75, 3.05) is 26.4 Å². The second-order valence-corrected chi connectivity index (χ2v) is 3.14. The van der Waals surface area contributed by atoms with E-state index in [9.17, 15) is 8.78 Å². The highest BCUT2D eigenvalue weighted by atomic mass is 19.3. The maximum Gasteiger partial charge on any atom is 0.253 e. The van der Waals surface area contributed by atoms with Crippen molar-refractivity contribution < 1.29 is 18.3 Å². The lowest BCUT2D eigenvalue weighted by atomic mass is 10.2. The number of hydrogen-bond donors (Lipinski definition) is 1. The van der Waals surface area contributed by atoms with Gasteiger partial charge in [-0.2, -0.15) is 0 Å². The molecule has 1 saturated heterocycles. The molecule has 5 heteroatoms. The van der Waals surface area contributed by atoms with Crippen LogP contribution in [0.15, 0.2) is 0 Å². The van der Waals surface area contributed by atoms with Gasteiger partial charge in [0, 0.05) is 0 Å². The summed E-state index contributed by atoms with van der Waals surface area (Å²) in [5.74, 6) is 0. The summed E-state index contributed by atoms with van der Waals surface area (Å²) in [6.45, 7) is 3.42. The maximum atomic E-state index is 12.1. The molecule has 3 nitrogen and oxygen atoms in total. The number of hydrogen-bond acceptors (Lipinski definition) is 3. The van der Waals surface area contributed by atoms with Gasteiger partial charge in [0.15, 0.2) is 0 Å². The third kappa shape index (κ3) is 3.97. The van der Waals surface area contributed by atoms with Gasteiger partial charge in [0.05, 0.1) is 38.5 Å². The lowest BCUT2D eigenvalue weighted by Crippen LogP contribution is -2.44. The molecular weight excluding hydrogens is 180 g/mol. The maximum absolute atomic E-state index is 12.1. The Labute approximate surface area is 76.4 Å². The molecule has 0 aliphatic carbocycles. The first-order valence-corrected chi connectivity index (χ1v) is 4.40. The Bertz CT molecular complexity index is 138. The zero-order valence-electron chi connectivity index (χ0n) is 7.63. The molecule has 0 aromatic carbocycles. The van der Waals surface area contributed by atoms with E-state index in [1.54, 1.807) is 0 Å². The second-order valence-electron chi connectivity index (χ2n) is 3.14. The highest BCUT2D eigenvalue weighted by Crippen LogP contribution is 2.03. The van der Waals surface area contributed by atoms with Crippen LogP contribution in [0, 0.1) is 0 Å². The molecule has 0 bridgehead atoms. The van der Waals surface area contributed by atoms with Crippen molar-refractivity contribution in [1.82, 2.24) is 5.32 Å². The van der Waals surface area contributed by atoms with Gasteiger partial charge in [-0.3, -0.25) is 0 Å². The Morgan fingerprint density at radius 2 is 1.77 bits per heavy atom. The van der Waals surface area contributed by atoms with Crippen LogP contribution in [0.3, 0.4) is 0 Å². The Kier molecular flexibility index (Phi) is 4.55. The molecule has 0 aromatic heterocycles. The van der Waals surface area contributed by atoms with Gasteiger partial charge >= 0.3 is 0 Å². The largest absolute Gasteiger partial charge is 0.377 e. The summed E-state index contributed by atoms with van der Waals surface area (Å²) >= 11 is 0. The van der Waals surface area contributed by atoms with E-state index in [0.29, 0.717) is 26.4 Å². The molecule has 78 valence electrons. The van der Waals surface area contributed by atoms with Gasteiger partial charge in [0.2, 0.25) is 0 Å². The predicted octanol–water partition coefficient (Wildman–Crippen LogP) is 0.645. The fraction of sp³-hybridized carbons (Fsp3) is 1.00. The number of halogens is 2. The van der Waals surface area contributed by atoms with Gasteiger partial charge in [0.1, 0.15) is 0 Å². The molecule has 0 aromatic rings.